The van der Waals surface area contributed by atoms with Crippen LogP contribution in [0, 0.1) is 17.8 Å². The van der Waals surface area contributed by atoms with Crippen molar-refractivity contribution < 1.29 is 14.6 Å². The van der Waals surface area contributed by atoms with Crippen molar-refractivity contribution in [3.05, 3.63) is 34.9 Å². The number of benzene rings is 1. The number of carbonyl (C=O) groups is 1. The van der Waals surface area contributed by atoms with E-state index >= 15 is 0 Å². The summed E-state index contributed by atoms with van der Waals surface area (Å²) in [6, 6.07) is 7.11. The van der Waals surface area contributed by atoms with Crippen LogP contribution in [0.4, 0.5) is 0 Å². The van der Waals surface area contributed by atoms with Gasteiger partial charge in [0.25, 0.3) is 0 Å². The Balaban J connectivity index is 1.53. The van der Waals surface area contributed by atoms with Gasteiger partial charge in [0.05, 0.1) is 0 Å². The Bertz CT molecular complexity index is 545. The molecule has 2 aliphatic rings. The molecule has 0 spiro atoms. The monoisotopic (exact) mass is 322 g/mol. The number of hydrogen-bond acceptors (Lipinski definition) is 3. The van der Waals surface area contributed by atoms with Gasteiger partial charge in [-0.05, 0) is 50.0 Å². The molecule has 4 heteroatoms. The fraction of sp³-hybridized carbons (Fsp3) is 0.611. The van der Waals surface area contributed by atoms with Crippen LogP contribution in [0.2, 0.25) is 5.02 Å². The van der Waals surface area contributed by atoms with E-state index in [1.807, 2.05) is 12.1 Å². The van der Waals surface area contributed by atoms with Crippen molar-refractivity contribution in [2.45, 2.75) is 51.2 Å². The Hall–Kier alpha value is -1.06. The summed E-state index contributed by atoms with van der Waals surface area (Å²) in [7, 11) is 0. The lowest BCUT2D eigenvalue weighted by molar-refractivity contribution is -0.155. The van der Waals surface area contributed by atoms with Crippen LogP contribution in [-0.4, -0.2) is 17.2 Å². The number of hydrogen-bond donors (Lipinski definition) is 1. The van der Waals surface area contributed by atoms with Gasteiger partial charge in [0.1, 0.15) is 12.2 Å². The van der Waals surface area contributed by atoms with Crippen molar-refractivity contribution in [2.24, 2.45) is 17.8 Å². The van der Waals surface area contributed by atoms with E-state index in [1.54, 1.807) is 19.1 Å². The molecule has 22 heavy (non-hydrogen) atoms. The summed E-state index contributed by atoms with van der Waals surface area (Å²) >= 11 is 6.08. The van der Waals surface area contributed by atoms with Crippen molar-refractivity contribution in [1.29, 1.82) is 0 Å². The van der Waals surface area contributed by atoms with Crippen LogP contribution in [0.3, 0.4) is 0 Å². The van der Waals surface area contributed by atoms with Crippen LogP contribution in [0.5, 0.6) is 0 Å². The predicted octanol–water partition coefficient (Wildman–Crippen LogP) is 4.13. The smallest absolute Gasteiger partial charge is 0.306 e. The van der Waals surface area contributed by atoms with E-state index in [0.29, 0.717) is 28.8 Å². The van der Waals surface area contributed by atoms with E-state index in [9.17, 15) is 9.90 Å². The molecule has 1 N–H and O–H groups in total. The third kappa shape index (κ3) is 3.31. The van der Waals surface area contributed by atoms with Gasteiger partial charge < -0.3 is 9.84 Å². The second-order valence-corrected chi connectivity index (χ2v) is 7.21. The van der Waals surface area contributed by atoms with Crippen molar-refractivity contribution in [1.82, 2.24) is 0 Å². The highest BCUT2D eigenvalue weighted by Gasteiger charge is 2.40. The van der Waals surface area contributed by atoms with Gasteiger partial charge in [-0.3, -0.25) is 4.79 Å². The minimum absolute atomic E-state index is 0.198. The summed E-state index contributed by atoms with van der Waals surface area (Å²) in [6.07, 6.45) is 4.05. The van der Waals surface area contributed by atoms with Crippen LogP contribution in [0.1, 0.15) is 50.7 Å². The molecule has 0 aliphatic heterocycles. The zero-order valence-electron chi connectivity index (χ0n) is 12.9. The number of fused-ring (bicyclic) bond motifs is 2. The van der Waals surface area contributed by atoms with Crippen LogP contribution in [-0.2, 0) is 9.53 Å². The first-order chi connectivity index (χ1) is 10.5. The Morgan fingerprint density at radius 1 is 1.36 bits per heavy atom. The summed E-state index contributed by atoms with van der Waals surface area (Å²) in [5.41, 5.74) is 0.601. The molecule has 1 aromatic carbocycles. The average molecular weight is 323 g/mol. The SMILES string of the molecule is C[C@@H](OC(=O)CC1CC2CCC1C2)[C@H](O)c1ccccc1Cl. The zero-order chi connectivity index (χ0) is 15.7. The maximum Gasteiger partial charge on any atom is 0.306 e. The molecule has 0 aromatic heterocycles. The van der Waals surface area contributed by atoms with Crippen molar-refractivity contribution in [3.63, 3.8) is 0 Å². The topological polar surface area (TPSA) is 46.5 Å². The quantitative estimate of drug-likeness (QED) is 0.829. The molecule has 3 nitrogen and oxygen atoms in total. The van der Waals surface area contributed by atoms with Crippen LogP contribution in [0.15, 0.2) is 24.3 Å². The average Bonchev–Trinajstić information content (AvgIpc) is 3.09. The van der Waals surface area contributed by atoms with Crippen LogP contribution in [0.25, 0.3) is 0 Å². The van der Waals surface area contributed by atoms with Crippen LogP contribution < -0.4 is 0 Å². The molecule has 0 amide bonds. The molecule has 0 heterocycles. The number of rotatable bonds is 5. The van der Waals surface area contributed by atoms with Gasteiger partial charge in [0.2, 0.25) is 0 Å². The van der Waals surface area contributed by atoms with E-state index in [2.05, 4.69) is 0 Å². The highest BCUT2D eigenvalue weighted by atomic mass is 35.5. The van der Waals surface area contributed by atoms with Gasteiger partial charge in [0.15, 0.2) is 0 Å². The van der Waals surface area contributed by atoms with E-state index < -0.39 is 12.2 Å². The lowest BCUT2D eigenvalue weighted by atomic mass is 9.86. The standard InChI is InChI=1S/C18H23ClO3/c1-11(18(21)15-4-2-3-5-16(15)19)22-17(20)10-14-9-12-6-7-13(14)8-12/h2-5,11-14,18,21H,6-10H2,1H3/t11-,12?,13?,14?,18+/m1/s1. The molecular weight excluding hydrogens is 300 g/mol. The first-order valence-electron chi connectivity index (χ1n) is 8.16. The minimum Gasteiger partial charge on any atom is -0.460 e. The highest BCUT2D eigenvalue weighted by molar-refractivity contribution is 6.31. The highest BCUT2D eigenvalue weighted by Crippen LogP contribution is 2.49. The summed E-state index contributed by atoms with van der Waals surface area (Å²) < 4.78 is 5.44. The maximum atomic E-state index is 12.1. The molecule has 3 rings (SSSR count). The van der Waals surface area contributed by atoms with E-state index in [4.69, 9.17) is 16.3 Å². The van der Waals surface area contributed by atoms with Crippen molar-refractivity contribution in [2.75, 3.05) is 0 Å². The number of esters is 1. The second kappa shape index (κ2) is 6.59. The van der Waals surface area contributed by atoms with Gasteiger partial charge in [-0.15, -0.1) is 0 Å². The largest absolute Gasteiger partial charge is 0.460 e. The van der Waals surface area contributed by atoms with Gasteiger partial charge in [0, 0.05) is 17.0 Å². The van der Waals surface area contributed by atoms with Gasteiger partial charge >= 0.3 is 5.97 Å². The minimum atomic E-state index is -0.891. The molecular formula is C18H23ClO3. The third-order valence-electron chi connectivity index (χ3n) is 5.30. The Morgan fingerprint density at radius 3 is 2.77 bits per heavy atom. The maximum absolute atomic E-state index is 12.1. The lowest BCUT2D eigenvalue weighted by Crippen LogP contribution is -2.25. The molecule has 2 fully saturated rings. The first-order valence-corrected chi connectivity index (χ1v) is 8.54. The molecule has 120 valence electrons. The van der Waals surface area contributed by atoms with E-state index in [0.717, 1.165) is 5.92 Å². The first kappa shape index (κ1) is 15.8. The summed E-state index contributed by atoms with van der Waals surface area (Å²) in [5, 5.41) is 10.8. The molecule has 3 unspecified atom stereocenters. The summed E-state index contributed by atoms with van der Waals surface area (Å²) in [4.78, 5) is 12.1. The fourth-order valence-corrected chi connectivity index (χ4v) is 4.38. The predicted molar refractivity (Wildman–Crippen MR) is 85.5 cm³/mol. The molecule has 2 bridgehead atoms. The van der Waals surface area contributed by atoms with Gasteiger partial charge in [-0.2, -0.15) is 0 Å². The number of aliphatic hydroxyl groups is 1. The normalized spacial score (nSPS) is 29.3. The Kier molecular flexibility index (Phi) is 4.74. The van der Waals surface area contributed by atoms with Crippen LogP contribution >= 0.6 is 11.6 Å². The van der Waals surface area contributed by atoms with Gasteiger partial charge in [-0.1, -0.05) is 36.2 Å². The van der Waals surface area contributed by atoms with Crippen molar-refractivity contribution >= 4 is 17.6 Å². The molecule has 1 aromatic rings. The fourth-order valence-electron chi connectivity index (χ4n) is 4.13. The summed E-state index contributed by atoms with van der Waals surface area (Å²) in [5.74, 6) is 1.82. The van der Waals surface area contributed by atoms with E-state index in [-0.39, 0.29) is 5.97 Å². The molecule has 2 saturated carbocycles. The summed E-state index contributed by atoms with van der Waals surface area (Å²) in [6.45, 7) is 1.71. The Labute approximate surface area is 136 Å². The zero-order valence-corrected chi connectivity index (χ0v) is 13.6. The molecule has 5 atom stereocenters. The number of aliphatic hydroxyl groups excluding tert-OH is 1. The number of ether oxygens (including phenoxy) is 1. The Morgan fingerprint density at radius 2 is 2.14 bits per heavy atom. The molecule has 2 aliphatic carbocycles. The third-order valence-corrected chi connectivity index (χ3v) is 5.64. The lowest BCUT2D eigenvalue weighted by Gasteiger charge is -2.24. The number of halogens is 1. The van der Waals surface area contributed by atoms with Crippen molar-refractivity contribution in [3.8, 4) is 0 Å². The number of carbonyl (C=O) groups excluding carboxylic acids is 1. The van der Waals surface area contributed by atoms with Gasteiger partial charge in [-0.25, -0.2) is 0 Å². The second-order valence-electron chi connectivity index (χ2n) is 6.80. The molecule has 0 radical (unpaired) electrons. The van der Waals surface area contributed by atoms with E-state index in [1.165, 1.54) is 25.7 Å². The molecule has 0 saturated heterocycles.